The number of fused-ring (bicyclic) bond motifs is 2. The van der Waals surface area contributed by atoms with Crippen molar-refractivity contribution in [2.75, 3.05) is 11.4 Å². The summed E-state index contributed by atoms with van der Waals surface area (Å²) < 4.78 is 29.4. The molecule has 0 spiro atoms. The molecule has 6 nitrogen and oxygen atoms in total. The first-order valence-electron chi connectivity index (χ1n) is 8.64. The summed E-state index contributed by atoms with van der Waals surface area (Å²) in [6.07, 6.45) is 0.658. The van der Waals surface area contributed by atoms with Crippen LogP contribution in [0, 0.1) is 0 Å². The maximum absolute atomic E-state index is 12.8. The molecule has 0 saturated heterocycles. The average molecular weight is 402 g/mol. The van der Waals surface area contributed by atoms with E-state index in [1.54, 1.807) is 30.0 Å². The third-order valence-electron chi connectivity index (χ3n) is 4.65. The summed E-state index contributed by atoms with van der Waals surface area (Å²) in [5, 5.41) is 0.726. The van der Waals surface area contributed by atoms with Crippen molar-refractivity contribution >= 4 is 43.2 Å². The lowest BCUT2D eigenvalue weighted by Crippen LogP contribution is -2.27. The van der Waals surface area contributed by atoms with Gasteiger partial charge in [0.05, 0.1) is 21.2 Å². The van der Waals surface area contributed by atoms with Gasteiger partial charge in [-0.25, -0.2) is 18.1 Å². The molecule has 0 aliphatic carbocycles. The average Bonchev–Trinajstić information content (AvgIpc) is 3.24. The SMILES string of the molecule is CC(=O)N1CCc2cc(S(=O)(=O)N[C@H](C)c3nc4ccccc4s3)ccc21. The number of hydrogen-bond donors (Lipinski definition) is 1. The van der Waals surface area contributed by atoms with Crippen LogP contribution in [-0.2, 0) is 21.2 Å². The lowest BCUT2D eigenvalue weighted by Gasteiger charge is -2.16. The number of anilines is 1. The molecule has 0 unspecified atom stereocenters. The molecule has 2 heterocycles. The van der Waals surface area contributed by atoms with E-state index in [1.165, 1.54) is 18.3 Å². The van der Waals surface area contributed by atoms with Crippen LogP contribution in [0.15, 0.2) is 47.4 Å². The third-order valence-corrected chi connectivity index (χ3v) is 7.41. The van der Waals surface area contributed by atoms with Gasteiger partial charge in [-0.05, 0) is 49.2 Å². The van der Waals surface area contributed by atoms with Gasteiger partial charge in [-0.15, -0.1) is 11.3 Å². The zero-order chi connectivity index (χ0) is 19.2. The Morgan fingerprint density at radius 3 is 2.78 bits per heavy atom. The van der Waals surface area contributed by atoms with Gasteiger partial charge in [0.25, 0.3) is 0 Å². The van der Waals surface area contributed by atoms with Gasteiger partial charge < -0.3 is 4.90 Å². The Kier molecular flexibility index (Phi) is 4.49. The van der Waals surface area contributed by atoms with Crippen molar-refractivity contribution in [3.8, 4) is 0 Å². The van der Waals surface area contributed by atoms with Crippen molar-refractivity contribution < 1.29 is 13.2 Å². The number of para-hydroxylation sites is 1. The molecular formula is C19H19N3O3S2. The highest BCUT2D eigenvalue weighted by atomic mass is 32.2. The molecule has 1 aliphatic heterocycles. The van der Waals surface area contributed by atoms with E-state index in [0.29, 0.717) is 13.0 Å². The standard InChI is InChI=1S/C19H19N3O3S2/c1-12(19-20-16-5-3-4-6-18(16)26-19)21-27(24,25)15-7-8-17-14(11-15)9-10-22(17)13(2)23/h3-8,11-12,21H,9-10H2,1-2H3/t12-/m1/s1. The second kappa shape index (κ2) is 6.70. The van der Waals surface area contributed by atoms with Crippen LogP contribution in [0.5, 0.6) is 0 Å². The maximum Gasteiger partial charge on any atom is 0.241 e. The Morgan fingerprint density at radius 2 is 2.04 bits per heavy atom. The van der Waals surface area contributed by atoms with Gasteiger partial charge in [0.2, 0.25) is 15.9 Å². The van der Waals surface area contributed by atoms with E-state index in [0.717, 1.165) is 26.5 Å². The Balaban J connectivity index is 1.59. The van der Waals surface area contributed by atoms with E-state index in [1.807, 2.05) is 24.3 Å². The number of hydrogen-bond acceptors (Lipinski definition) is 5. The van der Waals surface area contributed by atoms with Crippen LogP contribution in [0.4, 0.5) is 5.69 Å². The first kappa shape index (κ1) is 18.1. The highest BCUT2D eigenvalue weighted by molar-refractivity contribution is 7.89. The fourth-order valence-electron chi connectivity index (χ4n) is 3.30. The summed E-state index contributed by atoms with van der Waals surface area (Å²) in [6.45, 7) is 3.89. The number of nitrogens with zero attached hydrogens (tertiary/aromatic N) is 2. The van der Waals surface area contributed by atoms with Crippen LogP contribution >= 0.6 is 11.3 Å². The number of rotatable bonds is 4. The monoisotopic (exact) mass is 401 g/mol. The quantitative estimate of drug-likeness (QED) is 0.728. The highest BCUT2D eigenvalue weighted by Gasteiger charge is 2.26. The molecule has 0 radical (unpaired) electrons. The van der Waals surface area contributed by atoms with E-state index in [2.05, 4.69) is 9.71 Å². The van der Waals surface area contributed by atoms with Crippen molar-refractivity contribution in [1.29, 1.82) is 0 Å². The number of carbonyl (C=O) groups excluding carboxylic acids is 1. The van der Waals surface area contributed by atoms with Crippen LogP contribution in [0.2, 0.25) is 0 Å². The second-order valence-electron chi connectivity index (χ2n) is 6.57. The second-order valence-corrected chi connectivity index (χ2v) is 9.35. The van der Waals surface area contributed by atoms with Gasteiger partial charge in [0.15, 0.2) is 0 Å². The van der Waals surface area contributed by atoms with Crippen LogP contribution in [0.1, 0.15) is 30.5 Å². The number of benzene rings is 2. The summed E-state index contributed by atoms with van der Waals surface area (Å²) >= 11 is 1.48. The molecule has 27 heavy (non-hydrogen) atoms. The van der Waals surface area contributed by atoms with Crippen molar-refractivity contribution in [2.45, 2.75) is 31.2 Å². The molecule has 8 heteroatoms. The molecular weight excluding hydrogens is 382 g/mol. The molecule has 0 fully saturated rings. The molecule has 140 valence electrons. The number of aromatic nitrogens is 1. The zero-order valence-electron chi connectivity index (χ0n) is 15.0. The van der Waals surface area contributed by atoms with Crippen LogP contribution in [-0.4, -0.2) is 25.9 Å². The predicted molar refractivity (Wildman–Crippen MR) is 107 cm³/mol. The summed E-state index contributed by atoms with van der Waals surface area (Å²) in [5.74, 6) is -0.0352. The first-order valence-corrected chi connectivity index (χ1v) is 10.9. The fourth-order valence-corrected chi connectivity index (χ4v) is 5.60. The molecule has 1 N–H and O–H groups in total. The van der Waals surface area contributed by atoms with Crippen molar-refractivity contribution in [1.82, 2.24) is 9.71 Å². The largest absolute Gasteiger partial charge is 0.312 e. The predicted octanol–water partition coefficient (Wildman–Crippen LogP) is 3.24. The number of thiazole rings is 1. The van der Waals surface area contributed by atoms with E-state index in [-0.39, 0.29) is 10.8 Å². The first-order chi connectivity index (χ1) is 12.8. The van der Waals surface area contributed by atoms with Crippen molar-refractivity contribution in [3.05, 3.63) is 53.0 Å². The Morgan fingerprint density at radius 1 is 1.26 bits per heavy atom. The molecule has 1 aliphatic rings. The minimum Gasteiger partial charge on any atom is -0.312 e. The van der Waals surface area contributed by atoms with Crippen LogP contribution < -0.4 is 9.62 Å². The summed E-state index contributed by atoms with van der Waals surface area (Å²) in [5.41, 5.74) is 2.53. The minimum atomic E-state index is -3.69. The molecule has 1 amide bonds. The normalized spacial score (nSPS) is 15.1. The lowest BCUT2D eigenvalue weighted by molar-refractivity contribution is -0.116. The van der Waals surface area contributed by atoms with Crippen molar-refractivity contribution in [2.24, 2.45) is 0 Å². The van der Waals surface area contributed by atoms with E-state index >= 15 is 0 Å². The maximum atomic E-state index is 12.8. The number of amides is 1. The zero-order valence-corrected chi connectivity index (χ0v) is 16.6. The molecule has 0 saturated carbocycles. The highest BCUT2D eigenvalue weighted by Crippen LogP contribution is 2.31. The Bertz CT molecular complexity index is 1110. The van der Waals surface area contributed by atoms with E-state index in [4.69, 9.17) is 0 Å². The van der Waals surface area contributed by atoms with Gasteiger partial charge in [-0.1, -0.05) is 12.1 Å². The van der Waals surface area contributed by atoms with Gasteiger partial charge in [0, 0.05) is 19.2 Å². The van der Waals surface area contributed by atoms with Crippen LogP contribution in [0.25, 0.3) is 10.2 Å². The number of carbonyl (C=O) groups is 1. The minimum absolute atomic E-state index is 0.0352. The molecule has 3 aromatic rings. The summed E-state index contributed by atoms with van der Waals surface area (Å²) in [6, 6.07) is 12.2. The topological polar surface area (TPSA) is 79.4 Å². The smallest absolute Gasteiger partial charge is 0.241 e. The molecule has 1 atom stereocenters. The summed E-state index contributed by atoms with van der Waals surface area (Å²) in [4.78, 5) is 18.1. The molecule has 2 aromatic carbocycles. The van der Waals surface area contributed by atoms with Gasteiger partial charge in [-0.3, -0.25) is 4.79 Å². The number of sulfonamides is 1. The lowest BCUT2D eigenvalue weighted by atomic mass is 10.2. The van der Waals surface area contributed by atoms with E-state index in [9.17, 15) is 13.2 Å². The van der Waals surface area contributed by atoms with Crippen LogP contribution in [0.3, 0.4) is 0 Å². The molecule has 4 rings (SSSR count). The fraction of sp³-hybridized carbons (Fsp3) is 0.263. The van der Waals surface area contributed by atoms with Gasteiger partial charge >= 0.3 is 0 Å². The number of nitrogens with one attached hydrogen (secondary N) is 1. The van der Waals surface area contributed by atoms with Gasteiger partial charge in [-0.2, -0.15) is 0 Å². The third kappa shape index (κ3) is 3.36. The Hall–Kier alpha value is -2.29. The van der Waals surface area contributed by atoms with Crippen molar-refractivity contribution in [3.63, 3.8) is 0 Å². The summed E-state index contributed by atoms with van der Waals surface area (Å²) in [7, 11) is -3.69. The Labute approximate surface area is 161 Å². The van der Waals surface area contributed by atoms with Gasteiger partial charge in [0.1, 0.15) is 5.01 Å². The van der Waals surface area contributed by atoms with E-state index < -0.39 is 16.1 Å². The molecule has 1 aromatic heterocycles. The molecule has 0 bridgehead atoms.